The first-order chi connectivity index (χ1) is 8.19. The molecule has 1 aromatic heterocycles. The van der Waals surface area contributed by atoms with Crippen molar-refractivity contribution in [2.75, 3.05) is 0 Å². The molecule has 4 heteroatoms. The molecule has 0 amide bonds. The first-order valence-electron chi connectivity index (χ1n) is 5.34. The van der Waals surface area contributed by atoms with Crippen LogP contribution in [0, 0.1) is 6.92 Å². The number of furan rings is 1. The fraction of sp³-hybridized carbons (Fsp3) is 0.231. The number of hydrogen-bond donors (Lipinski definition) is 1. The summed E-state index contributed by atoms with van der Waals surface area (Å²) in [5.74, 6) is 1.52. The van der Waals surface area contributed by atoms with Gasteiger partial charge in [0.1, 0.15) is 18.1 Å². The predicted molar refractivity (Wildman–Crippen MR) is 67.1 cm³/mol. The van der Waals surface area contributed by atoms with Crippen LogP contribution in [0.5, 0.6) is 5.75 Å². The van der Waals surface area contributed by atoms with Crippen LogP contribution in [-0.2, 0) is 13.2 Å². The van der Waals surface area contributed by atoms with Gasteiger partial charge in [0, 0.05) is 17.1 Å². The lowest BCUT2D eigenvalue weighted by Crippen LogP contribution is -1.96. The average molecular weight is 252 g/mol. The maximum absolute atomic E-state index is 5.91. The molecule has 3 nitrogen and oxygen atoms in total. The van der Waals surface area contributed by atoms with Crippen LogP contribution in [0.15, 0.2) is 34.9 Å². The summed E-state index contributed by atoms with van der Waals surface area (Å²) in [7, 11) is 0. The van der Waals surface area contributed by atoms with E-state index in [1.165, 1.54) is 0 Å². The van der Waals surface area contributed by atoms with Gasteiger partial charge in [-0.3, -0.25) is 0 Å². The number of nitrogens with two attached hydrogens (primary N) is 1. The molecule has 1 aromatic carbocycles. The smallest absolute Gasteiger partial charge is 0.146 e. The topological polar surface area (TPSA) is 48.4 Å². The minimum absolute atomic E-state index is 0.376. The molecule has 0 unspecified atom stereocenters. The second-order valence-electron chi connectivity index (χ2n) is 3.82. The van der Waals surface area contributed by atoms with Gasteiger partial charge in [0.25, 0.3) is 0 Å². The van der Waals surface area contributed by atoms with E-state index in [0.29, 0.717) is 18.2 Å². The van der Waals surface area contributed by atoms with Crippen molar-refractivity contribution in [3.05, 3.63) is 52.4 Å². The summed E-state index contributed by atoms with van der Waals surface area (Å²) in [5, 5.41) is 0.660. The quantitative estimate of drug-likeness (QED) is 0.907. The van der Waals surface area contributed by atoms with Gasteiger partial charge in [-0.15, -0.1) is 0 Å². The molecule has 0 aliphatic rings. The van der Waals surface area contributed by atoms with Gasteiger partial charge in [-0.05, 0) is 30.7 Å². The lowest BCUT2D eigenvalue weighted by molar-refractivity contribution is 0.268. The third kappa shape index (κ3) is 3.02. The van der Waals surface area contributed by atoms with Crippen molar-refractivity contribution < 1.29 is 9.15 Å². The molecule has 2 aromatic rings. The molecule has 0 aliphatic carbocycles. The summed E-state index contributed by atoms with van der Waals surface area (Å²) >= 11 is 5.91. The zero-order valence-electron chi connectivity index (χ0n) is 9.57. The molecule has 0 fully saturated rings. The number of ether oxygens (including phenoxy) is 1. The summed E-state index contributed by atoms with van der Waals surface area (Å²) in [6.07, 6.45) is 1.64. The van der Waals surface area contributed by atoms with Gasteiger partial charge in [-0.1, -0.05) is 17.7 Å². The minimum Gasteiger partial charge on any atom is -0.485 e. The molecule has 90 valence electrons. The van der Waals surface area contributed by atoms with E-state index in [9.17, 15) is 0 Å². The van der Waals surface area contributed by atoms with Gasteiger partial charge < -0.3 is 14.9 Å². The zero-order valence-corrected chi connectivity index (χ0v) is 10.3. The lowest BCUT2D eigenvalue weighted by Gasteiger charge is -2.07. The first kappa shape index (κ1) is 12.0. The summed E-state index contributed by atoms with van der Waals surface area (Å²) in [6.45, 7) is 2.82. The van der Waals surface area contributed by atoms with Crippen molar-refractivity contribution in [2.45, 2.75) is 20.1 Å². The van der Waals surface area contributed by atoms with Gasteiger partial charge in [0.15, 0.2) is 0 Å². The van der Waals surface area contributed by atoms with Crippen molar-refractivity contribution in [3.8, 4) is 5.75 Å². The monoisotopic (exact) mass is 251 g/mol. The number of rotatable bonds is 4. The van der Waals surface area contributed by atoms with E-state index < -0.39 is 0 Å². The van der Waals surface area contributed by atoms with E-state index in [1.54, 1.807) is 12.3 Å². The Balaban J connectivity index is 2.04. The molecule has 0 aliphatic heterocycles. The van der Waals surface area contributed by atoms with Crippen LogP contribution < -0.4 is 10.5 Å². The van der Waals surface area contributed by atoms with Crippen LogP contribution in [0.2, 0.25) is 5.02 Å². The Labute approximate surface area is 105 Å². The highest BCUT2D eigenvalue weighted by atomic mass is 35.5. The van der Waals surface area contributed by atoms with Crippen molar-refractivity contribution >= 4 is 11.6 Å². The molecule has 0 bridgehead atoms. The SMILES string of the molecule is Cc1ccc(Cl)cc1OCc1cc(CN)co1. The largest absolute Gasteiger partial charge is 0.485 e. The van der Waals surface area contributed by atoms with E-state index in [0.717, 1.165) is 22.6 Å². The Morgan fingerprint density at radius 2 is 2.18 bits per heavy atom. The molecular formula is C13H14ClNO2. The standard InChI is InChI=1S/C13H14ClNO2/c1-9-2-3-11(14)5-13(9)17-8-12-4-10(6-15)7-16-12/h2-5,7H,6,8,15H2,1H3. The summed E-state index contributed by atoms with van der Waals surface area (Å²) < 4.78 is 11.0. The molecule has 0 saturated carbocycles. The lowest BCUT2D eigenvalue weighted by atomic mass is 10.2. The highest BCUT2D eigenvalue weighted by Crippen LogP contribution is 2.23. The van der Waals surface area contributed by atoms with Crippen LogP contribution in [0.25, 0.3) is 0 Å². The van der Waals surface area contributed by atoms with E-state index >= 15 is 0 Å². The molecule has 0 atom stereocenters. The maximum atomic E-state index is 5.91. The highest BCUT2D eigenvalue weighted by molar-refractivity contribution is 6.30. The van der Waals surface area contributed by atoms with Gasteiger partial charge >= 0.3 is 0 Å². The maximum Gasteiger partial charge on any atom is 0.146 e. The molecule has 2 rings (SSSR count). The summed E-state index contributed by atoms with van der Waals surface area (Å²) in [4.78, 5) is 0. The Hall–Kier alpha value is -1.45. The van der Waals surface area contributed by atoms with Gasteiger partial charge in [-0.25, -0.2) is 0 Å². The first-order valence-corrected chi connectivity index (χ1v) is 5.72. The number of benzene rings is 1. The third-order valence-electron chi connectivity index (χ3n) is 2.46. The Bertz CT molecular complexity index is 508. The molecule has 0 spiro atoms. The average Bonchev–Trinajstić information content (AvgIpc) is 2.78. The van der Waals surface area contributed by atoms with Crippen molar-refractivity contribution in [3.63, 3.8) is 0 Å². The van der Waals surface area contributed by atoms with Crippen molar-refractivity contribution in [1.82, 2.24) is 0 Å². The summed E-state index contributed by atoms with van der Waals surface area (Å²) in [6, 6.07) is 7.44. The molecular weight excluding hydrogens is 238 g/mol. The minimum atomic E-state index is 0.376. The molecule has 2 N–H and O–H groups in total. The van der Waals surface area contributed by atoms with Crippen LogP contribution >= 0.6 is 11.6 Å². The van der Waals surface area contributed by atoms with Crippen LogP contribution in [0.1, 0.15) is 16.9 Å². The number of hydrogen-bond acceptors (Lipinski definition) is 3. The van der Waals surface area contributed by atoms with Gasteiger partial charge in [0.05, 0.1) is 6.26 Å². The fourth-order valence-electron chi connectivity index (χ4n) is 1.49. The number of halogens is 1. The predicted octanol–water partition coefficient (Wildman–Crippen LogP) is 3.28. The van der Waals surface area contributed by atoms with Crippen LogP contribution in [0.3, 0.4) is 0 Å². The van der Waals surface area contributed by atoms with Gasteiger partial charge in [-0.2, -0.15) is 0 Å². The molecule has 1 heterocycles. The highest BCUT2D eigenvalue weighted by Gasteiger charge is 2.04. The van der Waals surface area contributed by atoms with Crippen molar-refractivity contribution in [1.29, 1.82) is 0 Å². The van der Waals surface area contributed by atoms with Crippen LogP contribution in [0.4, 0.5) is 0 Å². The fourth-order valence-corrected chi connectivity index (χ4v) is 1.65. The van der Waals surface area contributed by atoms with Gasteiger partial charge in [0.2, 0.25) is 0 Å². The van der Waals surface area contributed by atoms with E-state index in [1.807, 2.05) is 25.1 Å². The molecule has 0 saturated heterocycles. The van der Waals surface area contributed by atoms with E-state index in [4.69, 9.17) is 26.5 Å². The molecule has 17 heavy (non-hydrogen) atoms. The second-order valence-corrected chi connectivity index (χ2v) is 4.26. The Morgan fingerprint density at radius 1 is 1.35 bits per heavy atom. The number of aryl methyl sites for hydroxylation is 1. The van der Waals surface area contributed by atoms with Crippen LogP contribution in [-0.4, -0.2) is 0 Å². The van der Waals surface area contributed by atoms with E-state index in [-0.39, 0.29) is 0 Å². The van der Waals surface area contributed by atoms with Crippen molar-refractivity contribution in [2.24, 2.45) is 5.73 Å². The van der Waals surface area contributed by atoms with E-state index in [2.05, 4.69) is 0 Å². The summed E-state index contributed by atoms with van der Waals surface area (Å²) in [5.41, 5.74) is 7.50. The third-order valence-corrected chi connectivity index (χ3v) is 2.70. The Kier molecular flexibility index (Phi) is 3.71. The Morgan fingerprint density at radius 3 is 2.88 bits per heavy atom. The normalized spacial score (nSPS) is 10.5. The zero-order chi connectivity index (χ0) is 12.3. The molecule has 0 radical (unpaired) electrons. The second kappa shape index (κ2) is 5.25.